The van der Waals surface area contributed by atoms with E-state index < -0.39 is 0 Å². The fraction of sp³-hybridized carbons (Fsp3) is 0.533. The minimum atomic E-state index is -0.317. The Morgan fingerprint density at radius 3 is 2.78 bits per heavy atom. The van der Waals surface area contributed by atoms with E-state index in [1.54, 1.807) is 6.07 Å². The molecular weight excluding hydrogens is 227 g/mol. The molecule has 0 radical (unpaired) electrons. The van der Waals surface area contributed by atoms with Crippen molar-refractivity contribution in [3.05, 3.63) is 35.1 Å². The van der Waals surface area contributed by atoms with Gasteiger partial charge >= 0.3 is 0 Å². The zero-order valence-corrected chi connectivity index (χ0v) is 11.0. The van der Waals surface area contributed by atoms with Crippen LogP contribution >= 0.6 is 0 Å². The lowest BCUT2D eigenvalue weighted by Gasteiger charge is -2.35. The standard InChI is InChI=1S/C15H19FN2/c1-11-3-4-18(9-12(11)2)10-14-5-13(8-17)6-15(16)7-14/h5-7,11-12H,3-4,9-10H2,1-2H3. The molecule has 1 aromatic carbocycles. The largest absolute Gasteiger partial charge is 0.299 e. The van der Waals surface area contributed by atoms with Crippen LogP contribution in [-0.4, -0.2) is 18.0 Å². The van der Waals surface area contributed by atoms with E-state index in [0.717, 1.165) is 31.1 Å². The average Bonchev–Trinajstić information content (AvgIpc) is 2.33. The predicted octanol–water partition coefficient (Wildman–Crippen LogP) is 3.18. The highest BCUT2D eigenvalue weighted by atomic mass is 19.1. The molecule has 0 aromatic heterocycles. The Morgan fingerprint density at radius 2 is 2.11 bits per heavy atom. The van der Waals surface area contributed by atoms with Gasteiger partial charge in [0.05, 0.1) is 11.6 Å². The quantitative estimate of drug-likeness (QED) is 0.801. The average molecular weight is 246 g/mol. The summed E-state index contributed by atoms with van der Waals surface area (Å²) in [5.74, 6) is 1.13. The molecule has 2 atom stereocenters. The van der Waals surface area contributed by atoms with E-state index in [9.17, 15) is 4.39 Å². The Bertz CT molecular complexity index is 464. The topological polar surface area (TPSA) is 27.0 Å². The molecule has 2 unspecified atom stereocenters. The van der Waals surface area contributed by atoms with Gasteiger partial charge in [-0.25, -0.2) is 4.39 Å². The molecule has 0 N–H and O–H groups in total. The second kappa shape index (κ2) is 5.49. The van der Waals surface area contributed by atoms with Crippen molar-refractivity contribution in [3.63, 3.8) is 0 Å². The first-order valence-corrected chi connectivity index (χ1v) is 6.50. The van der Waals surface area contributed by atoms with Crippen molar-refractivity contribution in [1.82, 2.24) is 4.90 Å². The van der Waals surface area contributed by atoms with Gasteiger partial charge < -0.3 is 0 Å². The number of likely N-dealkylation sites (tertiary alicyclic amines) is 1. The third-order valence-electron chi connectivity index (χ3n) is 3.91. The molecule has 0 bridgehead atoms. The van der Waals surface area contributed by atoms with Crippen molar-refractivity contribution in [2.75, 3.05) is 13.1 Å². The van der Waals surface area contributed by atoms with Crippen LogP contribution in [0.25, 0.3) is 0 Å². The van der Waals surface area contributed by atoms with Crippen LogP contribution in [0.5, 0.6) is 0 Å². The first-order valence-electron chi connectivity index (χ1n) is 6.50. The number of benzene rings is 1. The van der Waals surface area contributed by atoms with Gasteiger partial charge in [-0.3, -0.25) is 4.90 Å². The van der Waals surface area contributed by atoms with Gasteiger partial charge in [-0.05, 0) is 48.6 Å². The van der Waals surface area contributed by atoms with E-state index >= 15 is 0 Å². The molecule has 0 saturated carbocycles. The number of hydrogen-bond donors (Lipinski definition) is 0. The molecule has 2 nitrogen and oxygen atoms in total. The summed E-state index contributed by atoms with van der Waals surface area (Å²) in [5.41, 5.74) is 1.30. The molecule has 18 heavy (non-hydrogen) atoms. The second-order valence-corrected chi connectivity index (χ2v) is 5.44. The minimum Gasteiger partial charge on any atom is -0.299 e. The third kappa shape index (κ3) is 3.08. The van der Waals surface area contributed by atoms with Crippen molar-refractivity contribution in [1.29, 1.82) is 5.26 Å². The summed E-state index contributed by atoms with van der Waals surface area (Å²) in [6, 6.07) is 6.60. The summed E-state index contributed by atoms with van der Waals surface area (Å²) >= 11 is 0. The summed E-state index contributed by atoms with van der Waals surface area (Å²) in [7, 11) is 0. The molecule has 1 aromatic rings. The van der Waals surface area contributed by atoms with Gasteiger partial charge in [0.2, 0.25) is 0 Å². The highest BCUT2D eigenvalue weighted by Crippen LogP contribution is 2.24. The molecule has 3 heteroatoms. The Labute approximate surface area is 108 Å². The number of nitriles is 1. The van der Waals surface area contributed by atoms with Crippen LogP contribution in [0, 0.1) is 29.0 Å². The summed E-state index contributed by atoms with van der Waals surface area (Å²) in [4.78, 5) is 2.35. The second-order valence-electron chi connectivity index (χ2n) is 5.44. The number of rotatable bonds is 2. The van der Waals surface area contributed by atoms with Crippen molar-refractivity contribution in [2.45, 2.75) is 26.8 Å². The van der Waals surface area contributed by atoms with Crippen LogP contribution < -0.4 is 0 Å². The smallest absolute Gasteiger partial charge is 0.124 e. The van der Waals surface area contributed by atoms with Gasteiger partial charge in [0.15, 0.2) is 0 Å². The highest BCUT2D eigenvalue weighted by molar-refractivity contribution is 5.33. The predicted molar refractivity (Wildman–Crippen MR) is 69.3 cm³/mol. The molecule has 1 aliphatic rings. The van der Waals surface area contributed by atoms with Crippen LogP contribution in [0.4, 0.5) is 4.39 Å². The molecule has 0 aliphatic carbocycles. The number of piperidine rings is 1. The van der Waals surface area contributed by atoms with E-state index in [4.69, 9.17) is 5.26 Å². The molecule has 0 spiro atoms. The lowest BCUT2D eigenvalue weighted by atomic mass is 9.88. The fourth-order valence-electron chi connectivity index (χ4n) is 2.56. The van der Waals surface area contributed by atoms with Gasteiger partial charge in [0.1, 0.15) is 5.82 Å². The lowest BCUT2D eigenvalue weighted by molar-refractivity contribution is 0.132. The van der Waals surface area contributed by atoms with E-state index in [-0.39, 0.29) is 5.82 Å². The van der Waals surface area contributed by atoms with Crippen molar-refractivity contribution < 1.29 is 4.39 Å². The number of hydrogen-bond acceptors (Lipinski definition) is 2. The molecule has 2 rings (SSSR count). The highest BCUT2D eigenvalue weighted by Gasteiger charge is 2.22. The van der Waals surface area contributed by atoms with Crippen molar-refractivity contribution in [3.8, 4) is 6.07 Å². The van der Waals surface area contributed by atoms with Crippen LogP contribution in [0.1, 0.15) is 31.4 Å². The van der Waals surface area contributed by atoms with Crippen LogP contribution in [0.2, 0.25) is 0 Å². The Balaban J connectivity index is 2.06. The summed E-state index contributed by atoms with van der Waals surface area (Å²) in [6.45, 7) is 7.41. The van der Waals surface area contributed by atoms with E-state index in [1.807, 2.05) is 6.07 Å². The summed E-state index contributed by atoms with van der Waals surface area (Å²) < 4.78 is 13.3. The summed E-state index contributed by atoms with van der Waals surface area (Å²) in [5, 5.41) is 8.84. The maximum absolute atomic E-state index is 13.3. The van der Waals surface area contributed by atoms with E-state index in [1.165, 1.54) is 18.6 Å². The molecule has 1 fully saturated rings. The molecule has 0 amide bonds. The van der Waals surface area contributed by atoms with Crippen LogP contribution in [0.3, 0.4) is 0 Å². The number of nitrogens with zero attached hydrogens (tertiary/aromatic N) is 2. The summed E-state index contributed by atoms with van der Waals surface area (Å²) in [6.07, 6.45) is 1.20. The minimum absolute atomic E-state index is 0.317. The van der Waals surface area contributed by atoms with Gasteiger partial charge in [0, 0.05) is 13.1 Å². The normalized spacial score (nSPS) is 24.8. The Kier molecular flexibility index (Phi) is 3.98. The van der Waals surface area contributed by atoms with Crippen LogP contribution in [-0.2, 0) is 6.54 Å². The van der Waals surface area contributed by atoms with Gasteiger partial charge in [-0.15, -0.1) is 0 Å². The maximum Gasteiger partial charge on any atom is 0.124 e. The Morgan fingerprint density at radius 1 is 1.33 bits per heavy atom. The molecule has 96 valence electrons. The zero-order chi connectivity index (χ0) is 13.1. The Hall–Kier alpha value is -1.40. The SMILES string of the molecule is CC1CCN(Cc2cc(F)cc(C#N)c2)CC1C. The van der Waals surface area contributed by atoms with Crippen molar-refractivity contribution >= 4 is 0 Å². The van der Waals surface area contributed by atoms with Crippen molar-refractivity contribution in [2.24, 2.45) is 11.8 Å². The van der Waals surface area contributed by atoms with E-state index in [2.05, 4.69) is 18.7 Å². The lowest BCUT2D eigenvalue weighted by Crippen LogP contribution is -2.37. The van der Waals surface area contributed by atoms with Gasteiger partial charge in [-0.2, -0.15) is 5.26 Å². The monoisotopic (exact) mass is 246 g/mol. The molecule has 1 aliphatic heterocycles. The first kappa shape index (κ1) is 13.0. The zero-order valence-electron chi connectivity index (χ0n) is 11.0. The van der Waals surface area contributed by atoms with Gasteiger partial charge in [-0.1, -0.05) is 13.8 Å². The maximum atomic E-state index is 13.3. The molecule has 1 saturated heterocycles. The third-order valence-corrected chi connectivity index (χ3v) is 3.91. The fourth-order valence-corrected chi connectivity index (χ4v) is 2.56. The number of halogens is 1. The molecule has 1 heterocycles. The van der Waals surface area contributed by atoms with E-state index in [0.29, 0.717) is 11.5 Å². The first-order chi connectivity index (χ1) is 8.58. The van der Waals surface area contributed by atoms with Gasteiger partial charge in [0.25, 0.3) is 0 Å². The molecular formula is C15H19FN2. The van der Waals surface area contributed by atoms with Crippen LogP contribution in [0.15, 0.2) is 18.2 Å².